The maximum Gasteiger partial charge on any atom is 0.220 e. The van der Waals surface area contributed by atoms with Crippen LogP contribution in [-0.2, 0) is 11.3 Å². The molecule has 2 rings (SSSR count). The van der Waals surface area contributed by atoms with Crippen LogP contribution in [0.25, 0.3) is 0 Å². The molecule has 2 heterocycles. The smallest absolute Gasteiger partial charge is 0.220 e. The Morgan fingerprint density at radius 2 is 2.26 bits per heavy atom. The number of rotatable bonds is 6. The number of hydrogen-bond acceptors (Lipinski definition) is 2. The fraction of sp³-hybridized carbons (Fsp3) is 0.667. The van der Waals surface area contributed by atoms with Crippen molar-refractivity contribution in [2.45, 2.75) is 32.7 Å². The number of piperidine rings is 1. The molecule has 1 fully saturated rings. The summed E-state index contributed by atoms with van der Waals surface area (Å²) in [6.45, 7) is 5.95. The third-order valence-electron chi connectivity index (χ3n) is 4.01. The largest absolute Gasteiger partial charge is 0.354 e. The highest BCUT2D eigenvalue weighted by molar-refractivity contribution is 5.76. The van der Waals surface area contributed by atoms with Crippen LogP contribution in [0.1, 0.15) is 26.2 Å². The molecule has 4 heteroatoms. The van der Waals surface area contributed by atoms with Gasteiger partial charge in [0.1, 0.15) is 0 Å². The Morgan fingerprint density at radius 3 is 2.95 bits per heavy atom. The predicted molar refractivity (Wildman–Crippen MR) is 76.8 cm³/mol. The summed E-state index contributed by atoms with van der Waals surface area (Å²) in [5, 5.41) is 6.43. The van der Waals surface area contributed by atoms with E-state index in [0.717, 1.165) is 19.6 Å². The van der Waals surface area contributed by atoms with Crippen LogP contribution in [0, 0.1) is 11.8 Å². The van der Waals surface area contributed by atoms with Gasteiger partial charge in [-0.3, -0.25) is 4.79 Å². The molecule has 0 saturated carbocycles. The molecule has 106 valence electrons. The van der Waals surface area contributed by atoms with Gasteiger partial charge in [-0.2, -0.15) is 0 Å². The molecule has 0 bridgehead atoms. The van der Waals surface area contributed by atoms with Gasteiger partial charge in [0.15, 0.2) is 0 Å². The molecule has 0 spiro atoms. The van der Waals surface area contributed by atoms with E-state index < -0.39 is 0 Å². The van der Waals surface area contributed by atoms with E-state index in [-0.39, 0.29) is 5.91 Å². The van der Waals surface area contributed by atoms with Crippen molar-refractivity contribution < 1.29 is 4.79 Å². The minimum Gasteiger partial charge on any atom is -0.354 e. The van der Waals surface area contributed by atoms with Gasteiger partial charge in [-0.15, -0.1) is 0 Å². The fourth-order valence-electron chi connectivity index (χ4n) is 2.74. The van der Waals surface area contributed by atoms with Crippen molar-refractivity contribution in [1.82, 2.24) is 15.2 Å². The highest BCUT2D eigenvalue weighted by atomic mass is 16.1. The summed E-state index contributed by atoms with van der Waals surface area (Å²) in [6, 6.07) is 4.00. The topological polar surface area (TPSA) is 46.1 Å². The summed E-state index contributed by atoms with van der Waals surface area (Å²) in [5.74, 6) is 1.31. The fourth-order valence-corrected chi connectivity index (χ4v) is 2.74. The maximum absolute atomic E-state index is 11.9. The lowest BCUT2D eigenvalue weighted by atomic mass is 9.85. The molecule has 1 amide bonds. The molecular weight excluding hydrogens is 238 g/mol. The zero-order chi connectivity index (χ0) is 13.5. The first kappa shape index (κ1) is 14.1. The van der Waals surface area contributed by atoms with Crippen LogP contribution in [0.2, 0.25) is 0 Å². The Balaban J connectivity index is 1.63. The molecule has 1 saturated heterocycles. The lowest BCUT2D eigenvalue weighted by Crippen LogP contribution is -2.36. The molecule has 1 aromatic rings. The van der Waals surface area contributed by atoms with E-state index in [1.54, 1.807) is 0 Å². The van der Waals surface area contributed by atoms with Gasteiger partial charge in [-0.05, 0) is 49.9 Å². The standard InChI is InChI=1S/C15H25N3O/c1-13(14-5-4-6-16-12-14)11-15(19)17-7-10-18-8-2-3-9-18/h2-3,8-9,13-14,16H,4-7,10-12H2,1H3,(H,17,19). The van der Waals surface area contributed by atoms with Gasteiger partial charge in [0, 0.05) is 31.9 Å². The minimum atomic E-state index is 0.185. The van der Waals surface area contributed by atoms with E-state index in [1.807, 2.05) is 24.5 Å². The molecule has 4 nitrogen and oxygen atoms in total. The monoisotopic (exact) mass is 263 g/mol. The molecule has 1 aliphatic heterocycles. The second kappa shape index (κ2) is 7.34. The number of aromatic nitrogens is 1. The van der Waals surface area contributed by atoms with Crippen LogP contribution in [0.5, 0.6) is 0 Å². The van der Waals surface area contributed by atoms with Gasteiger partial charge in [0.05, 0.1) is 0 Å². The van der Waals surface area contributed by atoms with Gasteiger partial charge in [-0.1, -0.05) is 6.92 Å². The molecule has 0 aliphatic carbocycles. The Labute approximate surface area is 115 Å². The van der Waals surface area contributed by atoms with Crippen LogP contribution >= 0.6 is 0 Å². The van der Waals surface area contributed by atoms with E-state index in [2.05, 4.69) is 22.1 Å². The second-order valence-corrected chi connectivity index (χ2v) is 5.56. The minimum absolute atomic E-state index is 0.185. The number of hydrogen-bond donors (Lipinski definition) is 2. The zero-order valence-corrected chi connectivity index (χ0v) is 11.8. The number of nitrogens with zero attached hydrogens (tertiary/aromatic N) is 1. The van der Waals surface area contributed by atoms with Crippen LogP contribution in [0.15, 0.2) is 24.5 Å². The van der Waals surface area contributed by atoms with E-state index in [9.17, 15) is 4.79 Å². The summed E-state index contributed by atoms with van der Waals surface area (Å²) in [6.07, 6.45) is 7.18. The van der Waals surface area contributed by atoms with Crippen molar-refractivity contribution in [2.75, 3.05) is 19.6 Å². The third kappa shape index (κ3) is 4.71. The quantitative estimate of drug-likeness (QED) is 0.819. The van der Waals surface area contributed by atoms with E-state index >= 15 is 0 Å². The molecule has 1 aliphatic rings. The third-order valence-corrected chi connectivity index (χ3v) is 4.01. The van der Waals surface area contributed by atoms with Crippen molar-refractivity contribution in [3.63, 3.8) is 0 Å². The average Bonchev–Trinajstić information content (AvgIpc) is 2.93. The maximum atomic E-state index is 11.9. The van der Waals surface area contributed by atoms with Gasteiger partial charge < -0.3 is 15.2 Å². The van der Waals surface area contributed by atoms with Gasteiger partial charge in [0.2, 0.25) is 5.91 Å². The number of carbonyl (C=O) groups is 1. The summed E-state index contributed by atoms with van der Waals surface area (Å²) in [4.78, 5) is 11.9. The highest BCUT2D eigenvalue weighted by Gasteiger charge is 2.21. The predicted octanol–water partition coefficient (Wildman–Crippen LogP) is 1.63. The van der Waals surface area contributed by atoms with Crippen molar-refractivity contribution >= 4 is 5.91 Å². The van der Waals surface area contributed by atoms with Gasteiger partial charge in [0.25, 0.3) is 0 Å². The number of amides is 1. The van der Waals surface area contributed by atoms with E-state index in [4.69, 9.17) is 0 Å². The number of carbonyl (C=O) groups excluding carboxylic acids is 1. The highest BCUT2D eigenvalue weighted by Crippen LogP contribution is 2.22. The average molecular weight is 263 g/mol. The summed E-state index contributed by atoms with van der Waals surface area (Å²) in [7, 11) is 0. The van der Waals surface area contributed by atoms with Crippen LogP contribution in [-0.4, -0.2) is 30.1 Å². The van der Waals surface area contributed by atoms with E-state index in [0.29, 0.717) is 24.8 Å². The van der Waals surface area contributed by atoms with E-state index in [1.165, 1.54) is 12.8 Å². The SMILES string of the molecule is CC(CC(=O)NCCn1cccc1)C1CCCNC1. The first-order valence-electron chi connectivity index (χ1n) is 7.34. The molecular formula is C15H25N3O. The van der Waals surface area contributed by atoms with Gasteiger partial charge >= 0.3 is 0 Å². The zero-order valence-electron chi connectivity index (χ0n) is 11.8. The summed E-state index contributed by atoms with van der Waals surface area (Å²) >= 11 is 0. The Bertz CT molecular complexity index is 369. The lowest BCUT2D eigenvalue weighted by Gasteiger charge is -2.28. The lowest BCUT2D eigenvalue weighted by molar-refractivity contribution is -0.122. The number of nitrogens with one attached hydrogen (secondary N) is 2. The van der Waals surface area contributed by atoms with Crippen LogP contribution < -0.4 is 10.6 Å². The molecule has 1 aromatic heterocycles. The summed E-state index contributed by atoms with van der Waals surface area (Å²) < 4.78 is 2.08. The summed E-state index contributed by atoms with van der Waals surface area (Å²) in [5.41, 5.74) is 0. The van der Waals surface area contributed by atoms with Crippen LogP contribution in [0.3, 0.4) is 0 Å². The Hall–Kier alpha value is -1.29. The molecule has 0 aromatic carbocycles. The first-order chi connectivity index (χ1) is 9.25. The van der Waals surface area contributed by atoms with Crippen molar-refractivity contribution in [1.29, 1.82) is 0 Å². The van der Waals surface area contributed by atoms with Crippen molar-refractivity contribution in [3.05, 3.63) is 24.5 Å². The Morgan fingerprint density at radius 1 is 1.47 bits per heavy atom. The molecule has 2 unspecified atom stereocenters. The molecule has 2 N–H and O–H groups in total. The van der Waals surface area contributed by atoms with Crippen molar-refractivity contribution in [3.8, 4) is 0 Å². The second-order valence-electron chi connectivity index (χ2n) is 5.56. The molecule has 0 radical (unpaired) electrons. The van der Waals surface area contributed by atoms with Gasteiger partial charge in [-0.25, -0.2) is 0 Å². The molecule has 19 heavy (non-hydrogen) atoms. The Kier molecular flexibility index (Phi) is 5.45. The molecule has 2 atom stereocenters. The normalized spacial score (nSPS) is 21.0. The van der Waals surface area contributed by atoms with Crippen molar-refractivity contribution in [2.24, 2.45) is 11.8 Å². The first-order valence-corrected chi connectivity index (χ1v) is 7.34. The van der Waals surface area contributed by atoms with Crippen LogP contribution in [0.4, 0.5) is 0 Å².